The van der Waals surface area contributed by atoms with Gasteiger partial charge < -0.3 is 4.52 Å². The highest BCUT2D eigenvalue weighted by Crippen LogP contribution is 2.34. The summed E-state index contributed by atoms with van der Waals surface area (Å²) in [4.78, 5) is 8.17. The predicted molar refractivity (Wildman–Crippen MR) is 93.6 cm³/mol. The minimum absolute atomic E-state index is 0.0223. The lowest BCUT2D eigenvalue weighted by Gasteiger charge is -2.28. The van der Waals surface area contributed by atoms with E-state index in [9.17, 15) is 8.42 Å². The summed E-state index contributed by atoms with van der Waals surface area (Å²) < 4.78 is 33.5. The van der Waals surface area contributed by atoms with Gasteiger partial charge in [-0.2, -0.15) is 14.8 Å². The lowest BCUT2D eigenvalue weighted by atomic mass is 9.87. The number of sulfonamides is 1. The Balaban J connectivity index is 1.97. The predicted octanol–water partition coefficient (Wildman–Crippen LogP) is 2.57. The molecule has 3 aromatic rings. The highest BCUT2D eigenvalue weighted by atomic mass is 35.5. The molecular weight excluding hydrogens is 380 g/mol. The SMILES string of the molecule is CC(C)(C)C(NS(=O)(=O)c1ccccc1Cl)c1nc(-c2ncn[nH]2)no1. The Bertz CT molecular complexity index is 995. The largest absolute Gasteiger partial charge is 0.337 e. The lowest BCUT2D eigenvalue weighted by molar-refractivity contribution is 0.236. The number of H-pyrrole nitrogens is 1. The average molecular weight is 397 g/mol. The molecular formula is C15H17ClN6O3S. The van der Waals surface area contributed by atoms with Crippen molar-refractivity contribution in [3.63, 3.8) is 0 Å². The number of hydrogen-bond acceptors (Lipinski definition) is 7. The van der Waals surface area contributed by atoms with Crippen LogP contribution in [0.4, 0.5) is 0 Å². The molecule has 1 unspecified atom stereocenters. The Morgan fingerprint density at radius 1 is 1.27 bits per heavy atom. The van der Waals surface area contributed by atoms with E-state index >= 15 is 0 Å². The van der Waals surface area contributed by atoms with Crippen molar-refractivity contribution in [2.45, 2.75) is 31.7 Å². The van der Waals surface area contributed by atoms with Crippen molar-refractivity contribution < 1.29 is 12.9 Å². The molecule has 1 atom stereocenters. The Kier molecular flexibility index (Phi) is 4.82. The standard InChI is InChI=1S/C15H17ClN6O3S/c1-15(2,3)11(14-19-13(21-25-14)12-17-8-18-20-12)22-26(23,24)10-7-5-4-6-9(10)16/h4-8,11,22H,1-3H3,(H,17,18,20). The van der Waals surface area contributed by atoms with Crippen LogP contribution in [0, 0.1) is 5.41 Å². The third kappa shape index (κ3) is 3.76. The van der Waals surface area contributed by atoms with Crippen molar-refractivity contribution in [1.29, 1.82) is 0 Å². The fraction of sp³-hybridized carbons (Fsp3) is 0.333. The molecule has 0 saturated carbocycles. The lowest BCUT2D eigenvalue weighted by Crippen LogP contribution is -2.37. The van der Waals surface area contributed by atoms with Crippen molar-refractivity contribution in [2.24, 2.45) is 5.41 Å². The third-order valence-electron chi connectivity index (χ3n) is 3.58. The molecule has 0 aliphatic carbocycles. The van der Waals surface area contributed by atoms with Crippen LogP contribution in [-0.2, 0) is 10.0 Å². The fourth-order valence-corrected chi connectivity index (χ4v) is 4.16. The van der Waals surface area contributed by atoms with E-state index < -0.39 is 21.5 Å². The summed E-state index contributed by atoms with van der Waals surface area (Å²) in [5.41, 5.74) is -0.556. The topological polar surface area (TPSA) is 127 Å². The first-order valence-electron chi connectivity index (χ1n) is 7.65. The number of nitrogens with one attached hydrogen (secondary N) is 2. The Morgan fingerprint density at radius 2 is 2.00 bits per heavy atom. The van der Waals surface area contributed by atoms with Gasteiger partial charge in [0.2, 0.25) is 21.7 Å². The van der Waals surface area contributed by atoms with Gasteiger partial charge in [0.1, 0.15) is 17.3 Å². The normalized spacial score (nSPS) is 13.7. The highest BCUT2D eigenvalue weighted by Gasteiger charge is 2.36. The zero-order valence-electron chi connectivity index (χ0n) is 14.3. The van der Waals surface area contributed by atoms with Gasteiger partial charge in [0.05, 0.1) is 5.02 Å². The molecule has 2 aromatic heterocycles. The fourth-order valence-electron chi connectivity index (χ4n) is 2.24. The maximum Gasteiger partial charge on any atom is 0.245 e. The van der Waals surface area contributed by atoms with Gasteiger partial charge in [-0.15, -0.1) is 0 Å². The summed E-state index contributed by atoms with van der Waals surface area (Å²) in [6, 6.07) is 5.41. The summed E-state index contributed by atoms with van der Waals surface area (Å²) in [5, 5.41) is 10.3. The molecule has 2 N–H and O–H groups in total. The molecule has 11 heteroatoms. The molecule has 0 radical (unpaired) electrons. The van der Waals surface area contributed by atoms with Crippen LogP contribution in [0.15, 0.2) is 40.0 Å². The van der Waals surface area contributed by atoms with Crippen LogP contribution < -0.4 is 4.72 Å². The Morgan fingerprint density at radius 3 is 2.62 bits per heavy atom. The van der Waals surface area contributed by atoms with Crippen LogP contribution in [0.3, 0.4) is 0 Å². The molecule has 0 bridgehead atoms. The van der Waals surface area contributed by atoms with Crippen LogP contribution in [0.25, 0.3) is 11.6 Å². The number of aromatic amines is 1. The second-order valence-electron chi connectivity index (χ2n) is 6.64. The first-order valence-corrected chi connectivity index (χ1v) is 9.51. The van der Waals surface area contributed by atoms with E-state index in [0.717, 1.165) is 0 Å². The maximum atomic E-state index is 12.8. The van der Waals surface area contributed by atoms with Gasteiger partial charge in [-0.1, -0.05) is 49.7 Å². The van der Waals surface area contributed by atoms with Crippen molar-refractivity contribution in [3.05, 3.63) is 41.5 Å². The number of halogens is 1. The molecule has 3 rings (SSSR count). The van der Waals surface area contributed by atoms with Gasteiger partial charge in [-0.05, 0) is 17.5 Å². The number of benzene rings is 1. The smallest absolute Gasteiger partial charge is 0.245 e. The molecule has 0 fully saturated rings. The van der Waals surface area contributed by atoms with Crippen molar-refractivity contribution in [2.75, 3.05) is 0 Å². The minimum Gasteiger partial charge on any atom is -0.337 e. The molecule has 9 nitrogen and oxygen atoms in total. The first kappa shape index (κ1) is 18.5. The van der Waals surface area contributed by atoms with Crippen molar-refractivity contribution in [3.8, 4) is 11.6 Å². The summed E-state index contributed by atoms with van der Waals surface area (Å²) in [6.45, 7) is 5.56. The third-order valence-corrected chi connectivity index (χ3v) is 5.50. The molecule has 0 spiro atoms. The molecule has 2 heterocycles. The average Bonchev–Trinajstić information content (AvgIpc) is 3.23. The zero-order chi connectivity index (χ0) is 18.9. The van der Waals surface area contributed by atoms with Gasteiger partial charge in [-0.3, -0.25) is 5.10 Å². The monoisotopic (exact) mass is 396 g/mol. The summed E-state index contributed by atoms with van der Waals surface area (Å²) in [7, 11) is -3.91. The van der Waals surface area contributed by atoms with Crippen LogP contribution in [0.1, 0.15) is 32.7 Å². The Labute approximate surface area is 155 Å². The molecule has 0 amide bonds. The van der Waals surface area contributed by atoms with Gasteiger partial charge in [0.15, 0.2) is 5.82 Å². The summed E-state index contributed by atoms with van der Waals surface area (Å²) in [5.74, 6) is 0.616. The van der Waals surface area contributed by atoms with Gasteiger partial charge in [-0.25, -0.2) is 13.4 Å². The van der Waals surface area contributed by atoms with Crippen LogP contribution in [-0.4, -0.2) is 33.7 Å². The van der Waals surface area contributed by atoms with E-state index in [-0.39, 0.29) is 21.6 Å². The molecule has 1 aromatic carbocycles. The number of aromatic nitrogens is 5. The van der Waals surface area contributed by atoms with Crippen molar-refractivity contribution in [1.82, 2.24) is 30.0 Å². The molecule has 0 aliphatic heterocycles. The molecule has 26 heavy (non-hydrogen) atoms. The number of hydrogen-bond donors (Lipinski definition) is 2. The van der Waals surface area contributed by atoms with Gasteiger partial charge >= 0.3 is 0 Å². The van der Waals surface area contributed by atoms with Crippen molar-refractivity contribution >= 4 is 21.6 Å². The first-order chi connectivity index (χ1) is 12.2. The van der Waals surface area contributed by atoms with E-state index in [4.69, 9.17) is 16.1 Å². The molecule has 138 valence electrons. The van der Waals surface area contributed by atoms with Gasteiger partial charge in [0, 0.05) is 0 Å². The van der Waals surface area contributed by atoms with Crippen LogP contribution in [0.5, 0.6) is 0 Å². The summed E-state index contributed by atoms with van der Waals surface area (Å²) >= 11 is 6.03. The van der Waals surface area contributed by atoms with Crippen LogP contribution >= 0.6 is 11.6 Å². The maximum absolute atomic E-state index is 12.8. The van der Waals surface area contributed by atoms with E-state index in [1.54, 1.807) is 12.1 Å². The quantitative estimate of drug-likeness (QED) is 0.678. The second-order valence-corrected chi connectivity index (χ2v) is 8.73. The van der Waals surface area contributed by atoms with E-state index in [1.165, 1.54) is 18.5 Å². The molecule has 0 saturated heterocycles. The van der Waals surface area contributed by atoms with E-state index in [1.807, 2.05) is 20.8 Å². The van der Waals surface area contributed by atoms with Gasteiger partial charge in [0.25, 0.3) is 0 Å². The zero-order valence-corrected chi connectivity index (χ0v) is 15.8. The number of rotatable bonds is 5. The summed E-state index contributed by atoms with van der Waals surface area (Å²) in [6.07, 6.45) is 1.31. The molecule has 0 aliphatic rings. The van der Waals surface area contributed by atoms with Crippen LogP contribution in [0.2, 0.25) is 5.02 Å². The second kappa shape index (κ2) is 6.78. The van der Waals surface area contributed by atoms with E-state index in [0.29, 0.717) is 5.82 Å². The minimum atomic E-state index is -3.91. The highest BCUT2D eigenvalue weighted by molar-refractivity contribution is 7.89. The van der Waals surface area contributed by atoms with E-state index in [2.05, 4.69) is 30.0 Å². The number of nitrogens with zero attached hydrogens (tertiary/aromatic N) is 4. The Hall–Kier alpha value is -2.30.